The molecule has 0 saturated carbocycles. The average Bonchev–Trinajstić information content (AvgIpc) is 3.10. The number of nitrogens with zero attached hydrogens (tertiary/aromatic N) is 3. The fourth-order valence-corrected chi connectivity index (χ4v) is 5.30. The highest BCUT2D eigenvalue weighted by molar-refractivity contribution is 6.04. The van der Waals surface area contributed by atoms with E-state index in [-0.39, 0.29) is 0 Å². The van der Waals surface area contributed by atoms with Crippen molar-refractivity contribution in [1.29, 1.82) is 0 Å². The quantitative estimate of drug-likeness (QED) is 0.532. The van der Waals surface area contributed by atoms with Crippen molar-refractivity contribution >= 4 is 27.3 Å². The van der Waals surface area contributed by atoms with E-state index in [4.69, 9.17) is 14.5 Å². The number of benzene rings is 1. The monoisotopic (exact) mass is 431 g/mol. The van der Waals surface area contributed by atoms with Gasteiger partial charge in [0, 0.05) is 54.8 Å². The molecule has 1 aromatic carbocycles. The van der Waals surface area contributed by atoms with E-state index in [1.54, 1.807) is 0 Å². The topological polar surface area (TPSA) is 59.2 Å². The minimum atomic E-state index is -0.863. The minimum Gasteiger partial charge on any atom is -0.385 e. The first-order valence-corrected chi connectivity index (χ1v) is 11.6. The Morgan fingerprint density at radius 1 is 1.06 bits per heavy atom. The highest BCUT2D eigenvalue weighted by atomic mass is 16.5. The van der Waals surface area contributed by atoms with Crippen molar-refractivity contribution in [3.8, 4) is 0 Å². The number of morpholine rings is 1. The lowest BCUT2D eigenvalue weighted by atomic mass is 9.86. The summed E-state index contributed by atoms with van der Waals surface area (Å²) >= 11 is 0. The number of aliphatic hydroxyl groups is 1. The second-order valence-electron chi connectivity index (χ2n) is 9.08. The van der Waals surface area contributed by atoms with Crippen LogP contribution in [0.5, 0.6) is 0 Å². The molecule has 1 fully saturated rings. The zero-order valence-corrected chi connectivity index (χ0v) is 18.5. The molecule has 6 rings (SSSR count). The molecule has 1 N–H and O–H groups in total. The molecule has 32 heavy (non-hydrogen) atoms. The number of para-hydroxylation sites is 1. The third-order valence-corrected chi connectivity index (χ3v) is 7.24. The summed E-state index contributed by atoms with van der Waals surface area (Å²) in [6, 6.07) is 10.6. The van der Waals surface area contributed by atoms with E-state index in [9.17, 15) is 5.11 Å². The number of aromatic nitrogens is 2. The summed E-state index contributed by atoms with van der Waals surface area (Å²) in [5, 5.41) is 13.8. The Kier molecular flexibility index (Phi) is 4.91. The summed E-state index contributed by atoms with van der Waals surface area (Å²) in [6.07, 6.45) is 5.61. The van der Waals surface area contributed by atoms with E-state index in [1.807, 2.05) is 6.92 Å². The van der Waals surface area contributed by atoms with Gasteiger partial charge in [-0.1, -0.05) is 25.1 Å². The van der Waals surface area contributed by atoms with E-state index in [0.29, 0.717) is 26.1 Å². The van der Waals surface area contributed by atoms with Gasteiger partial charge >= 0.3 is 0 Å². The third-order valence-electron chi connectivity index (χ3n) is 7.24. The lowest BCUT2D eigenvalue weighted by molar-refractivity contribution is 0.00232. The van der Waals surface area contributed by atoms with Crippen LogP contribution in [-0.2, 0) is 28.2 Å². The molecule has 0 aliphatic carbocycles. The number of hydrogen-bond donors (Lipinski definition) is 1. The average molecular weight is 432 g/mol. The second kappa shape index (κ2) is 7.81. The molecule has 1 atom stereocenters. The molecule has 0 radical (unpaired) electrons. The fourth-order valence-electron chi connectivity index (χ4n) is 5.30. The summed E-state index contributed by atoms with van der Waals surface area (Å²) in [6.45, 7) is 7.47. The van der Waals surface area contributed by atoms with Crippen LogP contribution < -0.4 is 0 Å². The highest BCUT2D eigenvalue weighted by Gasteiger charge is 2.32. The highest BCUT2D eigenvalue weighted by Crippen LogP contribution is 2.38. The van der Waals surface area contributed by atoms with Crippen molar-refractivity contribution in [2.75, 3.05) is 32.9 Å². The second-order valence-corrected chi connectivity index (χ2v) is 9.08. The van der Waals surface area contributed by atoms with E-state index >= 15 is 0 Å². The van der Waals surface area contributed by atoms with Gasteiger partial charge in [0.25, 0.3) is 0 Å². The molecule has 6 nitrogen and oxygen atoms in total. The standard InChI is InChI=1S/C26H29N3O3/c1-2-26(30)7-10-32-17-18-14-29-16-21-20(15-28-8-11-31-12-9-28)19-5-3-4-6-23(19)27-25(21)24(29)13-22(18)26/h3-6,13-14,16,30H,2,7-12,15,17H2,1H3. The fraction of sp³-hybridized carbons (Fsp3) is 0.423. The van der Waals surface area contributed by atoms with Crippen LogP contribution in [0.4, 0.5) is 0 Å². The number of hydrogen-bond acceptors (Lipinski definition) is 5. The van der Waals surface area contributed by atoms with E-state index in [2.05, 4.69) is 52.0 Å². The van der Waals surface area contributed by atoms with Crippen LogP contribution >= 0.6 is 0 Å². The molecule has 1 saturated heterocycles. The zero-order valence-electron chi connectivity index (χ0n) is 18.5. The Morgan fingerprint density at radius 3 is 2.75 bits per heavy atom. The van der Waals surface area contributed by atoms with E-state index < -0.39 is 5.60 Å². The summed E-state index contributed by atoms with van der Waals surface area (Å²) in [4.78, 5) is 7.55. The van der Waals surface area contributed by atoms with Gasteiger partial charge in [0.1, 0.15) is 0 Å². The van der Waals surface area contributed by atoms with Crippen molar-refractivity contribution in [3.05, 3.63) is 59.4 Å². The molecule has 2 aliphatic rings. The maximum atomic E-state index is 11.4. The predicted octanol–water partition coefficient (Wildman–Crippen LogP) is 3.99. The molecule has 0 amide bonds. The smallest absolute Gasteiger partial charge is 0.0968 e. The van der Waals surface area contributed by atoms with Crippen LogP contribution in [0.2, 0.25) is 0 Å². The molecule has 4 aromatic rings. The van der Waals surface area contributed by atoms with Gasteiger partial charge in [0.05, 0.1) is 48.6 Å². The first-order valence-electron chi connectivity index (χ1n) is 11.6. The van der Waals surface area contributed by atoms with E-state index in [1.165, 1.54) is 16.3 Å². The summed E-state index contributed by atoms with van der Waals surface area (Å²) < 4.78 is 13.6. The molecule has 1 unspecified atom stereocenters. The maximum Gasteiger partial charge on any atom is 0.0968 e. The summed E-state index contributed by atoms with van der Waals surface area (Å²) in [7, 11) is 0. The van der Waals surface area contributed by atoms with Crippen molar-refractivity contribution in [1.82, 2.24) is 14.3 Å². The van der Waals surface area contributed by atoms with Crippen molar-refractivity contribution in [3.63, 3.8) is 0 Å². The molecular formula is C26H29N3O3. The zero-order chi connectivity index (χ0) is 21.7. The van der Waals surface area contributed by atoms with Crippen LogP contribution in [0.15, 0.2) is 42.7 Å². The molecule has 0 spiro atoms. The van der Waals surface area contributed by atoms with Gasteiger partial charge in [0.15, 0.2) is 0 Å². The molecule has 2 aliphatic heterocycles. The number of rotatable bonds is 3. The first-order chi connectivity index (χ1) is 15.7. The van der Waals surface area contributed by atoms with Gasteiger partial charge in [0.2, 0.25) is 0 Å². The number of fused-ring (bicyclic) bond motifs is 5. The summed E-state index contributed by atoms with van der Waals surface area (Å²) in [5.74, 6) is 0. The number of pyridine rings is 2. The minimum absolute atomic E-state index is 0.526. The molecule has 166 valence electrons. The maximum absolute atomic E-state index is 11.4. The Bertz CT molecular complexity index is 1310. The molecule has 0 bridgehead atoms. The van der Waals surface area contributed by atoms with Crippen molar-refractivity contribution in [2.45, 2.75) is 38.5 Å². The number of ether oxygens (including phenoxy) is 2. The van der Waals surface area contributed by atoms with Crippen LogP contribution in [0.25, 0.3) is 27.3 Å². The van der Waals surface area contributed by atoms with Crippen molar-refractivity contribution < 1.29 is 14.6 Å². The van der Waals surface area contributed by atoms with Crippen LogP contribution in [0.1, 0.15) is 36.5 Å². The lowest BCUT2D eigenvalue weighted by Crippen LogP contribution is -2.35. The Balaban J connectivity index is 1.61. The van der Waals surface area contributed by atoms with Gasteiger partial charge in [-0.2, -0.15) is 0 Å². The largest absolute Gasteiger partial charge is 0.385 e. The van der Waals surface area contributed by atoms with Gasteiger partial charge < -0.3 is 19.0 Å². The predicted molar refractivity (Wildman–Crippen MR) is 125 cm³/mol. The van der Waals surface area contributed by atoms with Crippen LogP contribution in [0, 0.1) is 0 Å². The SMILES string of the molecule is CCC1(O)CCOCc2cn3cc4c(CN5CCOCC5)c5ccccc5nc4c3cc21. The molecule has 3 aromatic heterocycles. The Morgan fingerprint density at radius 2 is 1.91 bits per heavy atom. The molecular weight excluding hydrogens is 402 g/mol. The normalized spacial score (nSPS) is 22.4. The third kappa shape index (κ3) is 3.21. The van der Waals surface area contributed by atoms with Crippen LogP contribution in [-0.4, -0.2) is 52.3 Å². The van der Waals surface area contributed by atoms with Gasteiger partial charge in [-0.3, -0.25) is 4.90 Å². The van der Waals surface area contributed by atoms with E-state index in [0.717, 1.165) is 60.5 Å². The molecule has 6 heteroatoms. The molecule has 5 heterocycles. The van der Waals surface area contributed by atoms with Crippen molar-refractivity contribution in [2.24, 2.45) is 0 Å². The Labute approximate surface area is 187 Å². The van der Waals surface area contributed by atoms with Gasteiger partial charge in [-0.25, -0.2) is 4.98 Å². The summed E-state index contributed by atoms with van der Waals surface area (Å²) in [5.41, 5.74) is 5.54. The van der Waals surface area contributed by atoms with Gasteiger partial charge in [-0.15, -0.1) is 0 Å². The van der Waals surface area contributed by atoms with Gasteiger partial charge in [-0.05, 0) is 29.7 Å². The Hall–Kier alpha value is -2.51. The lowest BCUT2D eigenvalue weighted by Gasteiger charge is -2.27. The van der Waals surface area contributed by atoms with Crippen LogP contribution in [0.3, 0.4) is 0 Å². The first kappa shape index (κ1) is 20.1.